The molecule has 0 spiro atoms. The lowest BCUT2D eigenvalue weighted by atomic mass is 9.93. The van der Waals surface area contributed by atoms with Crippen LogP contribution >= 0.6 is 0 Å². The van der Waals surface area contributed by atoms with Crippen molar-refractivity contribution in [2.75, 3.05) is 6.54 Å². The van der Waals surface area contributed by atoms with Crippen LogP contribution in [-0.4, -0.2) is 22.4 Å². The van der Waals surface area contributed by atoms with E-state index < -0.39 is 0 Å². The Bertz CT molecular complexity index is 589. The van der Waals surface area contributed by atoms with Gasteiger partial charge in [-0.05, 0) is 49.4 Å². The van der Waals surface area contributed by atoms with E-state index in [1.54, 1.807) is 12.1 Å². The molecule has 3 rings (SSSR count). The standard InChI is InChI=1S/C17H22FN3/c1-2-21-12-13(10-20-21)8-15(11-19-17-6-7-17)14-4-3-5-16(18)9-14/h3-5,9-10,12,15,17,19H,2,6-8,11H2,1H3. The van der Waals surface area contributed by atoms with Gasteiger partial charge in [0.1, 0.15) is 5.82 Å². The van der Waals surface area contributed by atoms with E-state index in [1.807, 2.05) is 16.9 Å². The van der Waals surface area contributed by atoms with Crippen LogP contribution in [0.2, 0.25) is 0 Å². The summed E-state index contributed by atoms with van der Waals surface area (Å²) in [7, 11) is 0. The second-order valence-electron chi connectivity index (χ2n) is 5.84. The van der Waals surface area contributed by atoms with Crippen LogP contribution in [0.4, 0.5) is 4.39 Å². The highest BCUT2D eigenvalue weighted by atomic mass is 19.1. The maximum atomic E-state index is 13.5. The van der Waals surface area contributed by atoms with Gasteiger partial charge in [-0.3, -0.25) is 4.68 Å². The molecule has 0 saturated heterocycles. The minimum absolute atomic E-state index is 0.159. The first kappa shape index (κ1) is 14.3. The van der Waals surface area contributed by atoms with Gasteiger partial charge in [0.15, 0.2) is 0 Å². The van der Waals surface area contributed by atoms with Crippen molar-refractivity contribution in [2.24, 2.45) is 0 Å². The zero-order valence-corrected chi connectivity index (χ0v) is 12.4. The highest BCUT2D eigenvalue weighted by Gasteiger charge is 2.23. The minimum Gasteiger partial charge on any atom is -0.313 e. The molecular weight excluding hydrogens is 265 g/mol. The van der Waals surface area contributed by atoms with E-state index in [1.165, 1.54) is 24.5 Å². The zero-order valence-electron chi connectivity index (χ0n) is 12.4. The summed E-state index contributed by atoms with van der Waals surface area (Å²) in [5.74, 6) is 0.129. The van der Waals surface area contributed by atoms with Gasteiger partial charge in [-0.15, -0.1) is 0 Å². The van der Waals surface area contributed by atoms with E-state index in [-0.39, 0.29) is 11.7 Å². The van der Waals surface area contributed by atoms with Crippen molar-refractivity contribution >= 4 is 0 Å². The molecule has 0 bridgehead atoms. The molecular formula is C17H22FN3. The molecule has 1 unspecified atom stereocenters. The number of nitrogens with one attached hydrogen (secondary N) is 1. The molecule has 0 aliphatic heterocycles. The number of halogens is 1. The smallest absolute Gasteiger partial charge is 0.123 e. The van der Waals surface area contributed by atoms with E-state index in [2.05, 4.69) is 23.5 Å². The molecule has 1 N–H and O–H groups in total. The van der Waals surface area contributed by atoms with E-state index in [0.717, 1.165) is 25.1 Å². The van der Waals surface area contributed by atoms with Gasteiger partial charge in [-0.2, -0.15) is 5.10 Å². The van der Waals surface area contributed by atoms with Gasteiger partial charge in [0.05, 0.1) is 6.20 Å². The van der Waals surface area contributed by atoms with Crippen molar-refractivity contribution < 1.29 is 4.39 Å². The number of nitrogens with zero attached hydrogens (tertiary/aromatic N) is 2. The molecule has 1 fully saturated rings. The Morgan fingerprint density at radius 2 is 2.29 bits per heavy atom. The third-order valence-corrected chi connectivity index (χ3v) is 4.04. The Labute approximate surface area is 125 Å². The van der Waals surface area contributed by atoms with Gasteiger partial charge in [-0.1, -0.05) is 12.1 Å². The quantitative estimate of drug-likeness (QED) is 0.848. The Kier molecular flexibility index (Phi) is 4.34. The Morgan fingerprint density at radius 3 is 2.95 bits per heavy atom. The molecule has 0 radical (unpaired) electrons. The molecule has 1 heterocycles. The summed E-state index contributed by atoms with van der Waals surface area (Å²) in [6.07, 6.45) is 7.44. The average Bonchev–Trinajstić information content (AvgIpc) is 3.21. The number of hydrogen-bond acceptors (Lipinski definition) is 2. The summed E-state index contributed by atoms with van der Waals surface area (Å²) in [5.41, 5.74) is 2.27. The fourth-order valence-corrected chi connectivity index (χ4v) is 2.63. The normalized spacial score (nSPS) is 16.1. The summed E-state index contributed by atoms with van der Waals surface area (Å²) >= 11 is 0. The van der Waals surface area contributed by atoms with Gasteiger partial charge in [0.2, 0.25) is 0 Å². The highest BCUT2D eigenvalue weighted by Crippen LogP contribution is 2.24. The van der Waals surface area contributed by atoms with Gasteiger partial charge in [0.25, 0.3) is 0 Å². The summed E-state index contributed by atoms with van der Waals surface area (Å²) in [5, 5.41) is 7.89. The molecule has 4 heteroatoms. The second kappa shape index (κ2) is 6.39. The zero-order chi connectivity index (χ0) is 14.7. The second-order valence-corrected chi connectivity index (χ2v) is 5.84. The lowest BCUT2D eigenvalue weighted by Crippen LogP contribution is -2.24. The molecule has 1 aliphatic carbocycles. The third-order valence-electron chi connectivity index (χ3n) is 4.04. The molecule has 2 aromatic rings. The summed E-state index contributed by atoms with van der Waals surface area (Å²) in [4.78, 5) is 0. The molecule has 21 heavy (non-hydrogen) atoms. The molecule has 1 aromatic carbocycles. The summed E-state index contributed by atoms with van der Waals surface area (Å²) in [6, 6.07) is 7.64. The maximum Gasteiger partial charge on any atom is 0.123 e. The molecule has 0 amide bonds. The topological polar surface area (TPSA) is 29.9 Å². The van der Waals surface area contributed by atoms with Crippen LogP contribution in [0.5, 0.6) is 0 Å². The largest absolute Gasteiger partial charge is 0.313 e. The number of benzene rings is 1. The van der Waals surface area contributed by atoms with Crippen LogP contribution in [0.3, 0.4) is 0 Å². The molecule has 112 valence electrons. The minimum atomic E-state index is -0.159. The lowest BCUT2D eigenvalue weighted by molar-refractivity contribution is 0.568. The molecule has 1 atom stereocenters. The first-order valence-corrected chi connectivity index (χ1v) is 7.74. The van der Waals surface area contributed by atoms with Gasteiger partial charge >= 0.3 is 0 Å². The maximum absolute atomic E-state index is 13.5. The summed E-state index contributed by atoms with van der Waals surface area (Å²) in [6.45, 7) is 3.85. The third kappa shape index (κ3) is 3.91. The average molecular weight is 287 g/mol. The van der Waals surface area contributed by atoms with Gasteiger partial charge in [-0.25, -0.2) is 4.39 Å². The first-order valence-electron chi connectivity index (χ1n) is 7.74. The number of rotatable bonds is 7. The SMILES string of the molecule is CCn1cc(CC(CNC2CC2)c2cccc(F)c2)cn1. The van der Waals surface area contributed by atoms with Crippen LogP contribution in [0.25, 0.3) is 0 Å². The van der Waals surface area contributed by atoms with Crippen molar-refractivity contribution in [1.29, 1.82) is 0 Å². The van der Waals surface area contributed by atoms with Crippen LogP contribution in [-0.2, 0) is 13.0 Å². The van der Waals surface area contributed by atoms with Crippen molar-refractivity contribution in [3.05, 3.63) is 53.6 Å². The van der Waals surface area contributed by atoms with E-state index in [9.17, 15) is 4.39 Å². The summed E-state index contributed by atoms with van der Waals surface area (Å²) < 4.78 is 15.4. The lowest BCUT2D eigenvalue weighted by Gasteiger charge is -2.17. The van der Waals surface area contributed by atoms with Crippen molar-refractivity contribution in [3.8, 4) is 0 Å². The Morgan fingerprint density at radius 1 is 1.43 bits per heavy atom. The Balaban J connectivity index is 1.73. The van der Waals surface area contributed by atoms with Crippen LogP contribution in [0.1, 0.15) is 36.8 Å². The predicted octanol–water partition coefficient (Wildman–Crippen LogP) is 3.12. The molecule has 1 aromatic heterocycles. The van der Waals surface area contributed by atoms with Crippen LogP contribution in [0, 0.1) is 5.82 Å². The van der Waals surface area contributed by atoms with Crippen molar-refractivity contribution in [2.45, 2.75) is 44.7 Å². The number of hydrogen-bond donors (Lipinski definition) is 1. The van der Waals surface area contributed by atoms with Gasteiger partial charge in [0, 0.05) is 31.2 Å². The van der Waals surface area contributed by atoms with Crippen LogP contribution < -0.4 is 5.32 Å². The Hall–Kier alpha value is -1.68. The van der Waals surface area contributed by atoms with E-state index in [4.69, 9.17) is 0 Å². The first-order chi connectivity index (χ1) is 10.2. The monoisotopic (exact) mass is 287 g/mol. The van der Waals surface area contributed by atoms with Crippen molar-refractivity contribution in [3.63, 3.8) is 0 Å². The van der Waals surface area contributed by atoms with E-state index in [0.29, 0.717) is 6.04 Å². The van der Waals surface area contributed by atoms with Gasteiger partial charge < -0.3 is 5.32 Å². The molecule has 3 nitrogen and oxygen atoms in total. The molecule has 1 saturated carbocycles. The molecule has 1 aliphatic rings. The van der Waals surface area contributed by atoms with Crippen LogP contribution in [0.15, 0.2) is 36.7 Å². The number of aryl methyl sites for hydroxylation is 1. The number of aromatic nitrogens is 2. The fourth-order valence-electron chi connectivity index (χ4n) is 2.63. The highest BCUT2D eigenvalue weighted by molar-refractivity contribution is 5.24. The predicted molar refractivity (Wildman–Crippen MR) is 81.8 cm³/mol. The van der Waals surface area contributed by atoms with Crippen molar-refractivity contribution in [1.82, 2.24) is 15.1 Å². The van der Waals surface area contributed by atoms with E-state index >= 15 is 0 Å². The fraction of sp³-hybridized carbons (Fsp3) is 0.471.